The Morgan fingerprint density at radius 2 is 1.79 bits per heavy atom. The molecule has 1 atom stereocenters. The Kier molecular flexibility index (Phi) is 7.20. The molecule has 9 heteroatoms. The minimum atomic E-state index is -0.360. The van der Waals surface area contributed by atoms with Gasteiger partial charge in [0.15, 0.2) is 5.82 Å². The van der Waals surface area contributed by atoms with E-state index in [-0.39, 0.29) is 11.6 Å². The van der Waals surface area contributed by atoms with Gasteiger partial charge in [0, 0.05) is 48.7 Å². The van der Waals surface area contributed by atoms with E-state index in [0.29, 0.717) is 24.0 Å². The summed E-state index contributed by atoms with van der Waals surface area (Å²) in [6, 6.07) is 18.2. The SMILES string of the molecule is COc1ccc2[nH]c(=O)c([C@H](c3nnnn3Cc3ccccc3)N3CCN(C4CCCCC4)CC3)cc2c1. The van der Waals surface area contributed by atoms with Gasteiger partial charge in [0.2, 0.25) is 0 Å². The third-order valence-corrected chi connectivity index (χ3v) is 8.16. The van der Waals surface area contributed by atoms with Crippen molar-refractivity contribution in [1.29, 1.82) is 0 Å². The molecule has 1 aliphatic heterocycles. The first-order valence-electron chi connectivity index (χ1n) is 13.7. The fourth-order valence-electron chi connectivity index (χ4n) is 6.11. The molecule has 198 valence electrons. The lowest BCUT2D eigenvalue weighted by Gasteiger charge is -2.43. The van der Waals surface area contributed by atoms with Crippen LogP contribution < -0.4 is 10.3 Å². The second-order valence-corrected chi connectivity index (χ2v) is 10.5. The zero-order valence-electron chi connectivity index (χ0n) is 21.9. The number of hydrogen-bond acceptors (Lipinski definition) is 7. The molecular formula is C29H35N7O2. The summed E-state index contributed by atoms with van der Waals surface area (Å²) in [5.74, 6) is 1.44. The zero-order valence-corrected chi connectivity index (χ0v) is 21.9. The number of nitrogens with one attached hydrogen (secondary N) is 1. The van der Waals surface area contributed by atoms with Crippen LogP contribution in [0, 0.1) is 0 Å². The minimum Gasteiger partial charge on any atom is -0.497 e. The van der Waals surface area contributed by atoms with Gasteiger partial charge in [-0.25, -0.2) is 4.68 Å². The van der Waals surface area contributed by atoms with Crippen LogP contribution in [0.3, 0.4) is 0 Å². The lowest BCUT2D eigenvalue weighted by molar-refractivity contribution is 0.0618. The van der Waals surface area contributed by atoms with Crippen LogP contribution in [-0.2, 0) is 6.54 Å². The molecule has 0 radical (unpaired) electrons. The predicted molar refractivity (Wildman–Crippen MR) is 146 cm³/mol. The Balaban J connectivity index is 1.37. The number of rotatable bonds is 7. The quantitative estimate of drug-likeness (QED) is 0.404. The van der Waals surface area contributed by atoms with Crippen molar-refractivity contribution in [3.8, 4) is 5.75 Å². The molecule has 3 heterocycles. The summed E-state index contributed by atoms with van der Waals surface area (Å²) in [6.45, 7) is 4.23. The molecular weight excluding hydrogens is 478 g/mol. The summed E-state index contributed by atoms with van der Waals surface area (Å²) in [5.41, 5.74) is 2.43. The van der Waals surface area contributed by atoms with E-state index in [1.165, 1.54) is 32.1 Å². The fourth-order valence-corrected chi connectivity index (χ4v) is 6.11. The van der Waals surface area contributed by atoms with Gasteiger partial charge in [-0.05, 0) is 53.1 Å². The number of H-pyrrole nitrogens is 1. The monoisotopic (exact) mass is 513 g/mol. The Bertz CT molecular complexity index is 1420. The van der Waals surface area contributed by atoms with Gasteiger partial charge in [0.05, 0.1) is 13.7 Å². The van der Waals surface area contributed by atoms with Crippen molar-refractivity contribution in [2.24, 2.45) is 0 Å². The van der Waals surface area contributed by atoms with Crippen molar-refractivity contribution in [2.45, 2.75) is 50.7 Å². The molecule has 6 rings (SSSR count). The third kappa shape index (κ3) is 5.08. The van der Waals surface area contributed by atoms with Crippen molar-refractivity contribution in [3.63, 3.8) is 0 Å². The van der Waals surface area contributed by atoms with E-state index in [2.05, 4.69) is 42.4 Å². The average Bonchev–Trinajstić information content (AvgIpc) is 3.42. The summed E-state index contributed by atoms with van der Waals surface area (Å²) in [7, 11) is 1.65. The number of hydrogen-bond donors (Lipinski definition) is 1. The van der Waals surface area contributed by atoms with Crippen molar-refractivity contribution < 1.29 is 4.74 Å². The van der Waals surface area contributed by atoms with Gasteiger partial charge in [-0.1, -0.05) is 49.6 Å². The van der Waals surface area contributed by atoms with Crippen molar-refractivity contribution in [2.75, 3.05) is 33.3 Å². The number of tetrazole rings is 1. The topological polar surface area (TPSA) is 92.2 Å². The number of piperazine rings is 1. The molecule has 0 amide bonds. The third-order valence-electron chi connectivity index (χ3n) is 8.16. The lowest BCUT2D eigenvalue weighted by Crippen LogP contribution is -2.52. The van der Waals surface area contributed by atoms with Gasteiger partial charge in [0.25, 0.3) is 5.56 Å². The first-order chi connectivity index (χ1) is 18.7. The molecule has 2 aromatic carbocycles. The molecule has 9 nitrogen and oxygen atoms in total. The van der Waals surface area contributed by atoms with E-state index in [0.717, 1.165) is 48.4 Å². The minimum absolute atomic E-state index is 0.114. The van der Waals surface area contributed by atoms with Crippen molar-refractivity contribution in [1.82, 2.24) is 35.0 Å². The maximum Gasteiger partial charge on any atom is 0.253 e. The summed E-state index contributed by atoms with van der Waals surface area (Å²) in [4.78, 5) is 21.7. The Morgan fingerprint density at radius 1 is 1.00 bits per heavy atom. The van der Waals surface area contributed by atoms with Crippen molar-refractivity contribution in [3.05, 3.63) is 81.9 Å². The van der Waals surface area contributed by atoms with Crippen molar-refractivity contribution >= 4 is 10.9 Å². The number of ether oxygens (including phenoxy) is 1. The van der Waals surface area contributed by atoms with Crippen LogP contribution >= 0.6 is 0 Å². The van der Waals surface area contributed by atoms with Gasteiger partial charge >= 0.3 is 0 Å². The van der Waals surface area contributed by atoms with E-state index in [1.807, 2.05) is 47.1 Å². The van der Waals surface area contributed by atoms with E-state index in [1.54, 1.807) is 7.11 Å². The van der Waals surface area contributed by atoms with Gasteiger partial charge < -0.3 is 9.72 Å². The summed E-state index contributed by atoms with van der Waals surface area (Å²) < 4.78 is 7.29. The Labute approximate surface area is 222 Å². The van der Waals surface area contributed by atoms with Crippen LogP contribution in [-0.4, -0.2) is 74.3 Å². The van der Waals surface area contributed by atoms with Gasteiger partial charge in [-0.3, -0.25) is 14.6 Å². The number of nitrogens with zero attached hydrogens (tertiary/aromatic N) is 6. The van der Waals surface area contributed by atoms with E-state index >= 15 is 0 Å². The first-order valence-corrected chi connectivity index (χ1v) is 13.7. The van der Waals surface area contributed by atoms with Gasteiger partial charge in [0.1, 0.15) is 11.8 Å². The molecule has 0 spiro atoms. The molecule has 38 heavy (non-hydrogen) atoms. The molecule has 1 saturated heterocycles. The van der Waals surface area contributed by atoms with Crippen LogP contribution in [0.15, 0.2) is 59.4 Å². The molecule has 2 fully saturated rings. The van der Waals surface area contributed by atoms with E-state index in [4.69, 9.17) is 4.74 Å². The largest absolute Gasteiger partial charge is 0.497 e. The predicted octanol–water partition coefficient (Wildman–Crippen LogP) is 3.61. The molecule has 1 N–H and O–H groups in total. The van der Waals surface area contributed by atoms with Crippen LogP contribution in [0.4, 0.5) is 0 Å². The highest BCUT2D eigenvalue weighted by molar-refractivity contribution is 5.80. The Morgan fingerprint density at radius 3 is 2.55 bits per heavy atom. The Hall–Kier alpha value is -3.56. The molecule has 0 unspecified atom stereocenters. The number of pyridine rings is 1. The van der Waals surface area contributed by atoms with Crippen LogP contribution in [0.5, 0.6) is 5.75 Å². The van der Waals surface area contributed by atoms with E-state index in [9.17, 15) is 4.79 Å². The highest BCUT2D eigenvalue weighted by atomic mass is 16.5. The number of methoxy groups -OCH3 is 1. The number of aromatic nitrogens is 5. The maximum absolute atomic E-state index is 13.5. The molecule has 1 aliphatic carbocycles. The highest BCUT2D eigenvalue weighted by Gasteiger charge is 2.34. The first kappa shape index (κ1) is 24.8. The second kappa shape index (κ2) is 11.0. The van der Waals surface area contributed by atoms with Gasteiger partial charge in [-0.2, -0.15) is 0 Å². The lowest BCUT2D eigenvalue weighted by atomic mass is 9.93. The summed E-state index contributed by atoms with van der Waals surface area (Å²) in [6.07, 6.45) is 6.61. The molecule has 2 aliphatic rings. The summed E-state index contributed by atoms with van der Waals surface area (Å²) in [5, 5.41) is 13.8. The zero-order chi connectivity index (χ0) is 25.9. The van der Waals surface area contributed by atoms with Crippen LogP contribution in [0.25, 0.3) is 10.9 Å². The average molecular weight is 514 g/mol. The standard InChI is InChI=1S/C29H35N7O2/c1-38-24-12-13-26-22(18-24)19-25(29(37)30-26)27(28-31-32-33-36(28)20-21-8-4-2-5-9-21)35-16-14-34(15-17-35)23-10-6-3-7-11-23/h2,4-5,8-9,12-13,18-19,23,27H,3,6-7,10-11,14-17,20H2,1H3,(H,30,37)/t27-/m1/s1. The van der Waals surface area contributed by atoms with Gasteiger partial charge in [-0.15, -0.1) is 5.10 Å². The second-order valence-electron chi connectivity index (χ2n) is 10.5. The molecule has 0 bridgehead atoms. The van der Waals surface area contributed by atoms with Crippen LogP contribution in [0.1, 0.15) is 55.1 Å². The fraction of sp³-hybridized carbons (Fsp3) is 0.448. The smallest absolute Gasteiger partial charge is 0.253 e. The van der Waals surface area contributed by atoms with Crippen LogP contribution in [0.2, 0.25) is 0 Å². The number of benzene rings is 2. The number of aromatic amines is 1. The summed E-state index contributed by atoms with van der Waals surface area (Å²) >= 11 is 0. The maximum atomic E-state index is 13.5. The number of fused-ring (bicyclic) bond motifs is 1. The molecule has 1 saturated carbocycles. The highest BCUT2D eigenvalue weighted by Crippen LogP contribution is 2.31. The van der Waals surface area contributed by atoms with E-state index < -0.39 is 0 Å². The molecule has 4 aromatic rings. The molecule has 2 aromatic heterocycles. The normalized spacial score (nSPS) is 18.6.